The number of fused-ring (bicyclic) bond motifs is 1. The van der Waals surface area contributed by atoms with Crippen LogP contribution in [0, 0.1) is 0 Å². The predicted molar refractivity (Wildman–Crippen MR) is 56.7 cm³/mol. The molecule has 0 aliphatic rings. The van der Waals surface area contributed by atoms with E-state index in [0.29, 0.717) is 5.52 Å². The van der Waals surface area contributed by atoms with Crippen molar-refractivity contribution >= 4 is 17.0 Å². The third-order valence-electron chi connectivity index (χ3n) is 1.70. The van der Waals surface area contributed by atoms with Gasteiger partial charge in [-0.15, -0.1) is 0 Å². The highest BCUT2D eigenvalue weighted by atomic mass is 17.1. The summed E-state index contributed by atoms with van der Waals surface area (Å²) in [6.07, 6.45) is 0.479. The summed E-state index contributed by atoms with van der Waals surface area (Å²) in [6.45, 7) is 0. The summed E-state index contributed by atoms with van der Waals surface area (Å²) in [7, 11) is 0. The molecule has 16 heavy (non-hydrogen) atoms. The molecule has 0 saturated carbocycles. The van der Waals surface area contributed by atoms with Crippen LogP contribution in [0.5, 0.6) is 5.75 Å². The minimum Gasteiger partial charge on any atom is -0.506 e. The van der Waals surface area contributed by atoms with Gasteiger partial charge in [0.1, 0.15) is 11.3 Å². The van der Waals surface area contributed by atoms with Crippen molar-refractivity contribution in [2.45, 2.75) is 0 Å². The lowest BCUT2D eigenvalue weighted by molar-refractivity contribution is -0.174. The molecular weight excluding hydrogens is 212 g/mol. The van der Waals surface area contributed by atoms with E-state index in [4.69, 9.17) is 10.1 Å². The molecule has 84 valence electrons. The number of phenols is 1. The van der Waals surface area contributed by atoms with Gasteiger partial charge in [0.15, 0.2) is 0 Å². The number of rotatable bonds is 0. The Morgan fingerprint density at radius 2 is 1.94 bits per heavy atom. The van der Waals surface area contributed by atoms with Crippen LogP contribution in [0.2, 0.25) is 0 Å². The summed E-state index contributed by atoms with van der Waals surface area (Å²) in [6, 6.07) is 9.13. The topological polar surface area (TPSA) is 106 Å². The van der Waals surface area contributed by atoms with Crippen LogP contribution in [0.1, 0.15) is 0 Å². The van der Waals surface area contributed by atoms with Gasteiger partial charge < -0.3 is 10.8 Å². The van der Waals surface area contributed by atoms with Crippen molar-refractivity contribution in [2.75, 3.05) is 0 Å². The number of phenolic OH excluding ortho intramolecular Hbond substituents is 1. The fourth-order valence-corrected chi connectivity index (χ4v) is 1.09. The van der Waals surface area contributed by atoms with E-state index in [1.165, 1.54) is 0 Å². The molecule has 0 saturated heterocycles. The first-order valence-corrected chi connectivity index (χ1v) is 4.28. The number of para-hydroxylation sites is 1. The van der Waals surface area contributed by atoms with Gasteiger partial charge in [-0.3, -0.25) is 9.87 Å². The van der Waals surface area contributed by atoms with Crippen molar-refractivity contribution in [3.8, 4) is 5.75 Å². The monoisotopic (exact) mass is 222 g/mol. The highest BCUT2D eigenvalue weighted by molar-refractivity contribution is 5.83. The SMILES string of the molecule is NC(=O)OO.Oc1cccc2cccnc12. The average molecular weight is 222 g/mol. The van der Waals surface area contributed by atoms with E-state index in [1.807, 2.05) is 18.2 Å². The predicted octanol–water partition coefficient (Wildman–Crippen LogP) is 1.50. The molecule has 0 radical (unpaired) electrons. The third-order valence-corrected chi connectivity index (χ3v) is 1.70. The van der Waals surface area contributed by atoms with Crippen LogP contribution >= 0.6 is 0 Å². The lowest BCUT2D eigenvalue weighted by atomic mass is 10.2. The summed E-state index contributed by atoms with van der Waals surface area (Å²) in [4.78, 5) is 16.0. The van der Waals surface area contributed by atoms with Crippen LogP contribution in [0.25, 0.3) is 10.9 Å². The smallest absolute Gasteiger partial charge is 0.435 e. The van der Waals surface area contributed by atoms with E-state index < -0.39 is 6.09 Å². The third kappa shape index (κ3) is 3.10. The van der Waals surface area contributed by atoms with Crippen molar-refractivity contribution in [1.82, 2.24) is 4.98 Å². The molecule has 0 fully saturated rings. The van der Waals surface area contributed by atoms with Crippen LogP contribution < -0.4 is 5.73 Å². The van der Waals surface area contributed by atoms with Crippen LogP contribution in [-0.2, 0) is 4.89 Å². The van der Waals surface area contributed by atoms with Gasteiger partial charge in [0, 0.05) is 11.6 Å². The Hall–Kier alpha value is -2.34. The zero-order valence-electron chi connectivity index (χ0n) is 8.20. The van der Waals surface area contributed by atoms with E-state index >= 15 is 0 Å². The van der Waals surface area contributed by atoms with Crippen molar-refractivity contribution < 1.29 is 20.0 Å². The molecule has 1 amide bonds. The van der Waals surface area contributed by atoms with Crippen molar-refractivity contribution in [1.29, 1.82) is 0 Å². The van der Waals surface area contributed by atoms with Gasteiger partial charge in [-0.05, 0) is 12.1 Å². The molecule has 0 aliphatic carbocycles. The molecule has 4 N–H and O–H groups in total. The van der Waals surface area contributed by atoms with Crippen LogP contribution in [-0.4, -0.2) is 21.4 Å². The summed E-state index contributed by atoms with van der Waals surface area (Å²) in [5.41, 5.74) is 4.84. The second-order valence-electron chi connectivity index (χ2n) is 2.76. The standard InChI is InChI=1S/C9H7NO.CH3NO3/c11-8-5-1-3-7-4-2-6-10-9(7)8;2-1(3)5-4/h1-6,11H;4H,(H2,2,3). The molecule has 6 nitrogen and oxygen atoms in total. The molecule has 0 spiro atoms. The number of hydrogen-bond acceptors (Lipinski definition) is 5. The Kier molecular flexibility index (Phi) is 4.05. The fourth-order valence-electron chi connectivity index (χ4n) is 1.09. The molecule has 2 aromatic rings. The molecule has 1 heterocycles. The Balaban J connectivity index is 0.000000221. The molecule has 0 atom stereocenters. The normalized spacial score (nSPS) is 9.06. The van der Waals surface area contributed by atoms with Crippen molar-refractivity contribution in [3.05, 3.63) is 36.5 Å². The Morgan fingerprint density at radius 1 is 1.31 bits per heavy atom. The molecule has 1 aromatic carbocycles. The number of nitrogens with two attached hydrogens (primary N) is 1. The number of aromatic nitrogens is 1. The summed E-state index contributed by atoms with van der Waals surface area (Å²) >= 11 is 0. The lowest BCUT2D eigenvalue weighted by Crippen LogP contribution is -2.09. The number of nitrogens with zero attached hydrogens (tertiary/aromatic N) is 1. The summed E-state index contributed by atoms with van der Waals surface area (Å²) < 4.78 is 0. The first-order chi connectivity index (χ1) is 7.65. The highest BCUT2D eigenvalue weighted by Gasteiger charge is 1.96. The fraction of sp³-hybridized carbons (Fsp3) is 0. The molecule has 0 unspecified atom stereocenters. The molecule has 2 rings (SSSR count). The number of carbonyl (C=O) groups excluding carboxylic acids is 1. The van der Waals surface area contributed by atoms with Gasteiger partial charge >= 0.3 is 6.09 Å². The number of carbonyl (C=O) groups is 1. The zero-order chi connectivity index (χ0) is 12.0. The maximum absolute atomic E-state index is 9.31. The maximum Gasteiger partial charge on any atom is 0.435 e. The largest absolute Gasteiger partial charge is 0.506 e. The number of amides is 1. The number of hydrogen-bond donors (Lipinski definition) is 3. The van der Waals surface area contributed by atoms with Gasteiger partial charge in [-0.2, -0.15) is 5.26 Å². The number of benzene rings is 1. The average Bonchev–Trinajstić information content (AvgIpc) is 2.30. The van der Waals surface area contributed by atoms with E-state index in [-0.39, 0.29) is 5.75 Å². The summed E-state index contributed by atoms with van der Waals surface area (Å²) in [5.74, 6) is 0.239. The molecule has 1 aromatic heterocycles. The first-order valence-electron chi connectivity index (χ1n) is 4.28. The number of aromatic hydroxyl groups is 1. The maximum atomic E-state index is 9.31. The zero-order valence-corrected chi connectivity index (χ0v) is 8.20. The van der Waals surface area contributed by atoms with Gasteiger partial charge in [-0.25, -0.2) is 4.79 Å². The molecule has 6 heteroatoms. The lowest BCUT2D eigenvalue weighted by Gasteiger charge is -1.96. The van der Waals surface area contributed by atoms with Crippen LogP contribution in [0.15, 0.2) is 36.5 Å². The van der Waals surface area contributed by atoms with Gasteiger partial charge in [-0.1, -0.05) is 18.2 Å². The minimum atomic E-state index is -1.19. The molecular formula is C10H10N2O4. The van der Waals surface area contributed by atoms with E-state index in [1.54, 1.807) is 18.3 Å². The van der Waals surface area contributed by atoms with Gasteiger partial charge in [0.25, 0.3) is 0 Å². The second-order valence-corrected chi connectivity index (χ2v) is 2.76. The Morgan fingerprint density at radius 3 is 2.50 bits per heavy atom. The number of primary amides is 1. The van der Waals surface area contributed by atoms with E-state index in [2.05, 4.69) is 15.6 Å². The minimum absolute atomic E-state index is 0.239. The van der Waals surface area contributed by atoms with Crippen molar-refractivity contribution in [2.24, 2.45) is 5.73 Å². The Bertz CT molecular complexity index is 482. The van der Waals surface area contributed by atoms with E-state index in [9.17, 15) is 5.11 Å². The summed E-state index contributed by atoms with van der Waals surface area (Å²) in [5, 5.41) is 17.4. The van der Waals surface area contributed by atoms with Crippen LogP contribution in [0.3, 0.4) is 0 Å². The first kappa shape index (κ1) is 11.7. The quantitative estimate of drug-likeness (QED) is 0.462. The highest BCUT2D eigenvalue weighted by Crippen LogP contribution is 2.20. The van der Waals surface area contributed by atoms with E-state index in [0.717, 1.165) is 5.39 Å². The number of pyridine rings is 1. The Labute approximate surface area is 90.8 Å². The second kappa shape index (κ2) is 5.52. The van der Waals surface area contributed by atoms with Gasteiger partial charge in [0.2, 0.25) is 0 Å². The van der Waals surface area contributed by atoms with Crippen LogP contribution in [0.4, 0.5) is 4.79 Å². The molecule has 0 bridgehead atoms. The van der Waals surface area contributed by atoms with Crippen molar-refractivity contribution in [3.63, 3.8) is 0 Å². The van der Waals surface area contributed by atoms with Gasteiger partial charge in [0.05, 0.1) is 0 Å². The molecule has 0 aliphatic heterocycles.